The molecule has 3 nitrogen and oxygen atoms in total. The van der Waals surface area contributed by atoms with E-state index >= 15 is 0 Å². The Kier molecular flexibility index (Phi) is 5.97. The lowest BCUT2D eigenvalue weighted by Crippen LogP contribution is -2.29. The molecule has 0 radical (unpaired) electrons. The van der Waals surface area contributed by atoms with Crippen molar-refractivity contribution in [2.45, 2.75) is 6.42 Å². The second kappa shape index (κ2) is 6.43. The summed E-state index contributed by atoms with van der Waals surface area (Å²) in [6.07, 6.45) is 1.39. The van der Waals surface area contributed by atoms with Crippen molar-refractivity contribution < 1.29 is 9.53 Å². The number of ether oxygens (including phenoxy) is 1. The molecular weight excluding hydrogens is 106 g/mol. The lowest BCUT2D eigenvalue weighted by molar-refractivity contribution is -0.126. The van der Waals surface area contributed by atoms with Crippen molar-refractivity contribution in [3.63, 3.8) is 0 Å². The number of nitrogens with one attached hydrogen (secondary N) is 1. The van der Waals surface area contributed by atoms with Crippen molar-refractivity contribution in [3.05, 3.63) is 0 Å². The Hall–Kier alpha value is -0.570. The van der Waals surface area contributed by atoms with Crippen LogP contribution >= 0.6 is 0 Å². The maximum Gasteiger partial charge on any atom is 0.292 e. The number of rotatable bonds is 1. The summed E-state index contributed by atoms with van der Waals surface area (Å²) in [4.78, 5) is 8.95. The van der Waals surface area contributed by atoms with Gasteiger partial charge in [0.1, 0.15) is 0 Å². The fraction of sp³-hybridized carbons (Fsp3) is 0.800. The molecule has 0 unspecified atom stereocenters. The van der Waals surface area contributed by atoms with Crippen LogP contribution in [-0.4, -0.2) is 26.7 Å². The van der Waals surface area contributed by atoms with E-state index in [0.717, 1.165) is 0 Å². The van der Waals surface area contributed by atoms with Crippen LogP contribution in [0.1, 0.15) is 6.42 Å². The third kappa shape index (κ3) is 5.43. The molecule has 1 saturated heterocycles. The van der Waals surface area contributed by atoms with Crippen LogP contribution in [0.2, 0.25) is 0 Å². The predicted molar refractivity (Wildman–Crippen MR) is 30.6 cm³/mol. The summed E-state index contributed by atoms with van der Waals surface area (Å²) in [6.45, 7) is 2.88. The minimum atomic E-state index is 0.375. The minimum absolute atomic E-state index is 0.375. The van der Waals surface area contributed by atoms with E-state index in [1.54, 1.807) is 0 Å². The van der Waals surface area contributed by atoms with Crippen LogP contribution in [0.5, 0.6) is 0 Å². The lowest BCUT2D eigenvalue weighted by Gasteiger charge is -2.09. The molecule has 0 spiro atoms. The number of hydrogen-bond acceptors (Lipinski definition) is 3. The number of carbonyl (C=O) groups is 1. The number of methoxy groups -OCH3 is 1. The summed E-state index contributed by atoms with van der Waals surface area (Å²) < 4.78 is 3.86. The van der Waals surface area contributed by atoms with Crippen molar-refractivity contribution in [3.8, 4) is 0 Å². The van der Waals surface area contributed by atoms with Crippen LogP contribution < -0.4 is 5.32 Å². The molecule has 1 rings (SSSR count). The first-order valence-electron chi connectivity index (χ1n) is 2.59. The zero-order chi connectivity index (χ0) is 6.24. The van der Waals surface area contributed by atoms with Crippen molar-refractivity contribution in [1.29, 1.82) is 0 Å². The van der Waals surface area contributed by atoms with E-state index in [1.807, 2.05) is 0 Å². The molecule has 1 aliphatic rings. The lowest BCUT2D eigenvalue weighted by atomic mass is 10.3. The van der Waals surface area contributed by atoms with Gasteiger partial charge in [-0.05, 0) is 19.5 Å². The zero-order valence-electron chi connectivity index (χ0n) is 5.02. The molecule has 0 aromatic carbocycles. The largest absolute Gasteiger partial charge is 0.471 e. The highest BCUT2D eigenvalue weighted by atomic mass is 16.5. The standard InChI is InChI=1S/C3H7N.C2H4O2/c1-2-4-3-1;1-4-2-3/h4H,1-3H2;2H,1H3. The Morgan fingerprint density at radius 3 is 1.88 bits per heavy atom. The molecule has 0 bridgehead atoms. The first kappa shape index (κ1) is 7.43. The van der Waals surface area contributed by atoms with Gasteiger partial charge < -0.3 is 10.1 Å². The first-order valence-corrected chi connectivity index (χ1v) is 2.59. The van der Waals surface area contributed by atoms with Gasteiger partial charge in [-0.3, -0.25) is 4.79 Å². The first-order chi connectivity index (χ1) is 3.91. The van der Waals surface area contributed by atoms with Gasteiger partial charge in [0.25, 0.3) is 6.47 Å². The molecule has 1 aliphatic heterocycles. The van der Waals surface area contributed by atoms with Gasteiger partial charge in [0.05, 0.1) is 7.11 Å². The SMILES string of the molecule is C1CNC1.COC=O. The van der Waals surface area contributed by atoms with E-state index in [4.69, 9.17) is 4.79 Å². The molecule has 0 aliphatic carbocycles. The maximum absolute atomic E-state index is 8.95. The van der Waals surface area contributed by atoms with Gasteiger partial charge in [0, 0.05) is 0 Å². The van der Waals surface area contributed by atoms with Gasteiger partial charge in [-0.25, -0.2) is 0 Å². The smallest absolute Gasteiger partial charge is 0.292 e. The zero-order valence-corrected chi connectivity index (χ0v) is 5.02. The monoisotopic (exact) mass is 117 g/mol. The molecule has 48 valence electrons. The minimum Gasteiger partial charge on any atom is -0.471 e. The van der Waals surface area contributed by atoms with Gasteiger partial charge in [0.15, 0.2) is 0 Å². The molecule has 0 atom stereocenters. The van der Waals surface area contributed by atoms with Gasteiger partial charge >= 0.3 is 0 Å². The van der Waals surface area contributed by atoms with Crippen molar-refractivity contribution >= 4 is 6.47 Å². The summed E-state index contributed by atoms with van der Waals surface area (Å²) in [6, 6.07) is 0. The van der Waals surface area contributed by atoms with Crippen molar-refractivity contribution in [2.24, 2.45) is 0 Å². The molecular formula is C5H11NO2. The van der Waals surface area contributed by atoms with E-state index in [1.165, 1.54) is 26.6 Å². The highest BCUT2D eigenvalue weighted by Crippen LogP contribution is 1.80. The van der Waals surface area contributed by atoms with Crippen LogP contribution in [0.15, 0.2) is 0 Å². The third-order valence-electron chi connectivity index (χ3n) is 0.803. The summed E-state index contributed by atoms with van der Waals surface area (Å²) in [5, 5.41) is 3.11. The highest BCUT2D eigenvalue weighted by molar-refractivity contribution is 5.36. The van der Waals surface area contributed by atoms with Crippen LogP contribution in [0.4, 0.5) is 0 Å². The summed E-state index contributed by atoms with van der Waals surface area (Å²) in [5.41, 5.74) is 0. The second-order valence-electron chi connectivity index (χ2n) is 1.44. The van der Waals surface area contributed by atoms with Gasteiger partial charge in [-0.15, -0.1) is 0 Å². The fourth-order valence-electron chi connectivity index (χ4n) is 0.177. The third-order valence-corrected chi connectivity index (χ3v) is 0.803. The quantitative estimate of drug-likeness (QED) is 0.482. The summed E-state index contributed by atoms with van der Waals surface area (Å²) in [7, 11) is 1.31. The normalized spacial score (nSPS) is 14.6. The predicted octanol–water partition coefficient (Wildman–Crippen LogP) is -0.231. The van der Waals surface area contributed by atoms with Gasteiger partial charge in [-0.1, -0.05) is 0 Å². The van der Waals surface area contributed by atoms with Crippen LogP contribution in [0.25, 0.3) is 0 Å². The van der Waals surface area contributed by atoms with Crippen LogP contribution in [0, 0.1) is 0 Å². The molecule has 3 heteroatoms. The molecule has 1 heterocycles. The van der Waals surface area contributed by atoms with E-state index in [0.29, 0.717) is 6.47 Å². The van der Waals surface area contributed by atoms with E-state index in [-0.39, 0.29) is 0 Å². The summed E-state index contributed by atoms with van der Waals surface area (Å²) in [5.74, 6) is 0. The van der Waals surface area contributed by atoms with Crippen molar-refractivity contribution in [1.82, 2.24) is 5.32 Å². The molecule has 1 N–H and O–H groups in total. The van der Waals surface area contributed by atoms with E-state index < -0.39 is 0 Å². The maximum atomic E-state index is 8.95. The Labute approximate surface area is 49.0 Å². The molecule has 1 fully saturated rings. The van der Waals surface area contributed by atoms with E-state index in [2.05, 4.69) is 10.1 Å². The molecule has 0 saturated carbocycles. The second-order valence-corrected chi connectivity index (χ2v) is 1.44. The summed E-state index contributed by atoms with van der Waals surface area (Å²) >= 11 is 0. The van der Waals surface area contributed by atoms with E-state index in [9.17, 15) is 0 Å². The molecule has 0 aromatic heterocycles. The van der Waals surface area contributed by atoms with Gasteiger partial charge in [-0.2, -0.15) is 0 Å². The number of carbonyl (C=O) groups excluding carboxylic acids is 1. The van der Waals surface area contributed by atoms with Crippen LogP contribution in [-0.2, 0) is 9.53 Å². The Balaban J connectivity index is 0.000000122. The topological polar surface area (TPSA) is 38.3 Å². The van der Waals surface area contributed by atoms with Gasteiger partial charge in [0.2, 0.25) is 0 Å². The average Bonchev–Trinajstić information content (AvgIpc) is 1.61. The fourth-order valence-corrected chi connectivity index (χ4v) is 0.177. The van der Waals surface area contributed by atoms with Crippen LogP contribution in [0.3, 0.4) is 0 Å². The van der Waals surface area contributed by atoms with Crippen molar-refractivity contribution in [2.75, 3.05) is 20.2 Å². The Morgan fingerprint density at radius 2 is 1.88 bits per heavy atom. The highest BCUT2D eigenvalue weighted by Gasteiger charge is 1.92. The molecule has 8 heavy (non-hydrogen) atoms. The average molecular weight is 117 g/mol. The Bertz CT molecular complexity index is 48.4. The molecule has 0 aromatic rings. The number of hydrogen-bond donors (Lipinski definition) is 1. The Morgan fingerprint density at radius 1 is 1.62 bits per heavy atom. The molecule has 0 amide bonds.